The van der Waals surface area contributed by atoms with Gasteiger partial charge in [-0.3, -0.25) is 9.67 Å². The number of aromatic nitrogens is 2. The van der Waals surface area contributed by atoms with Crippen molar-refractivity contribution in [3.05, 3.63) is 53.3 Å². The Morgan fingerprint density at radius 2 is 2.00 bits per heavy atom. The van der Waals surface area contributed by atoms with Crippen LogP contribution in [-0.4, -0.2) is 35.9 Å². The molecule has 0 unspecified atom stereocenters. The molecular weight excluding hydrogens is 425 g/mol. The second-order valence-corrected chi connectivity index (χ2v) is 5.30. The summed E-state index contributed by atoms with van der Waals surface area (Å²) < 4.78 is 1.93. The molecule has 2 N–H and O–H groups in total. The molecule has 2 rings (SSSR count). The van der Waals surface area contributed by atoms with Crippen LogP contribution in [0.4, 0.5) is 0 Å². The lowest BCUT2D eigenvalue weighted by atomic mass is 10.1. The fourth-order valence-corrected chi connectivity index (χ4v) is 2.35. The molecule has 126 valence electrons. The van der Waals surface area contributed by atoms with Gasteiger partial charge in [-0.15, -0.1) is 24.0 Å². The molecule has 0 saturated carbocycles. The summed E-state index contributed by atoms with van der Waals surface area (Å²) in [5.74, 6) is 0.813. The van der Waals surface area contributed by atoms with E-state index in [2.05, 4.69) is 20.7 Å². The van der Waals surface area contributed by atoms with Gasteiger partial charge < -0.3 is 10.6 Å². The van der Waals surface area contributed by atoms with Crippen molar-refractivity contribution in [3.63, 3.8) is 0 Å². The monoisotopic (exact) mass is 447 g/mol. The maximum absolute atomic E-state index is 6.14. The van der Waals surface area contributed by atoms with Gasteiger partial charge in [0.15, 0.2) is 5.96 Å². The highest BCUT2D eigenvalue weighted by molar-refractivity contribution is 14.0. The van der Waals surface area contributed by atoms with Gasteiger partial charge in [-0.05, 0) is 30.5 Å². The van der Waals surface area contributed by atoms with Crippen LogP contribution in [-0.2, 0) is 13.0 Å². The Morgan fingerprint density at radius 1 is 1.22 bits per heavy atom. The van der Waals surface area contributed by atoms with E-state index < -0.39 is 0 Å². The standard InChI is InChI=1S/C16H22ClN5.HI/c1-18-16(19-9-4-12-22-13-5-10-21-22)20-11-8-14-6-2-3-7-15(14)17;/h2-3,5-7,10,13H,4,8-9,11-12H2,1H3,(H2,18,19,20);1H. The maximum atomic E-state index is 6.14. The molecule has 0 spiro atoms. The van der Waals surface area contributed by atoms with Gasteiger partial charge in [-0.1, -0.05) is 29.8 Å². The van der Waals surface area contributed by atoms with E-state index in [0.29, 0.717) is 0 Å². The molecule has 5 nitrogen and oxygen atoms in total. The first-order valence-corrected chi connectivity index (χ1v) is 7.83. The quantitative estimate of drug-likeness (QED) is 0.297. The molecule has 1 aromatic carbocycles. The lowest BCUT2D eigenvalue weighted by molar-refractivity contribution is 0.570. The smallest absolute Gasteiger partial charge is 0.190 e. The maximum Gasteiger partial charge on any atom is 0.190 e. The number of rotatable bonds is 7. The lowest BCUT2D eigenvalue weighted by Gasteiger charge is -2.12. The topological polar surface area (TPSA) is 54.2 Å². The van der Waals surface area contributed by atoms with Crippen molar-refractivity contribution in [1.82, 2.24) is 20.4 Å². The van der Waals surface area contributed by atoms with Crippen LogP contribution in [0.5, 0.6) is 0 Å². The summed E-state index contributed by atoms with van der Waals surface area (Å²) in [6, 6.07) is 9.84. The minimum Gasteiger partial charge on any atom is -0.356 e. The third-order valence-corrected chi connectivity index (χ3v) is 3.65. The molecule has 0 bridgehead atoms. The van der Waals surface area contributed by atoms with Crippen molar-refractivity contribution >= 4 is 41.5 Å². The Hall–Kier alpha value is -1.28. The molecule has 1 aromatic heterocycles. The van der Waals surface area contributed by atoms with Gasteiger partial charge in [0.25, 0.3) is 0 Å². The fourth-order valence-electron chi connectivity index (χ4n) is 2.12. The summed E-state index contributed by atoms with van der Waals surface area (Å²) >= 11 is 6.14. The molecule has 1 heterocycles. The molecule has 0 atom stereocenters. The molecule has 0 amide bonds. The Morgan fingerprint density at radius 3 is 2.70 bits per heavy atom. The molecule has 0 radical (unpaired) electrons. The summed E-state index contributed by atoms with van der Waals surface area (Å²) in [7, 11) is 1.78. The van der Waals surface area contributed by atoms with E-state index in [9.17, 15) is 0 Å². The van der Waals surface area contributed by atoms with Crippen LogP contribution in [0.1, 0.15) is 12.0 Å². The van der Waals surface area contributed by atoms with E-state index >= 15 is 0 Å². The van der Waals surface area contributed by atoms with Crippen molar-refractivity contribution in [2.45, 2.75) is 19.4 Å². The van der Waals surface area contributed by atoms with Gasteiger partial charge >= 0.3 is 0 Å². The van der Waals surface area contributed by atoms with Crippen molar-refractivity contribution < 1.29 is 0 Å². The minimum atomic E-state index is 0. The van der Waals surface area contributed by atoms with E-state index in [4.69, 9.17) is 11.6 Å². The van der Waals surface area contributed by atoms with Crippen LogP contribution >= 0.6 is 35.6 Å². The molecule has 0 aliphatic carbocycles. The van der Waals surface area contributed by atoms with Crippen LogP contribution in [0, 0.1) is 0 Å². The van der Waals surface area contributed by atoms with Gasteiger partial charge in [0, 0.05) is 44.1 Å². The highest BCUT2D eigenvalue weighted by atomic mass is 127. The Kier molecular flexibility index (Phi) is 9.70. The van der Waals surface area contributed by atoms with Crippen molar-refractivity contribution in [1.29, 1.82) is 0 Å². The molecule has 2 aromatic rings. The number of halogens is 2. The summed E-state index contributed by atoms with van der Waals surface area (Å²) in [4.78, 5) is 4.22. The summed E-state index contributed by atoms with van der Waals surface area (Å²) in [6.45, 7) is 2.55. The van der Waals surface area contributed by atoms with Crippen LogP contribution in [0.15, 0.2) is 47.7 Å². The lowest BCUT2D eigenvalue weighted by Crippen LogP contribution is -2.39. The van der Waals surface area contributed by atoms with E-state index in [0.717, 1.165) is 49.0 Å². The number of hydrogen-bond donors (Lipinski definition) is 2. The van der Waals surface area contributed by atoms with Crippen LogP contribution in [0.3, 0.4) is 0 Å². The number of aryl methyl sites for hydroxylation is 1. The fraction of sp³-hybridized carbons (Fsp3) is 0.375. The molecule has 23 heavy (non-hydrogen) atoms. The Bertz CT molecular complexity index is 586. The SMILES string of the molecule is CN=C(NCCCn1cccn1)NCCc1ccccc1Cl.I. The number of nitrogens with one attached hydrogen (secondary N) is 2. The van der Waals surface area contributed by atoms with Crippen molar-refractivity contribution in [2.24, 2.45) is 4.99 Å². The zero-order chi connectivity index (χ0) is 15.6. The summed E-state index contributed by atoms with van der Waals surface area (Å²) in [5, 5.41) is 11.6. The molecule has 0 fully saturated rings. The predicted octanol–water partition coefficient (Wildman–Crippen LogP) is 2.95. The van der Waals surface area contributed by atoms with Gasteiger partial charge in [-0.2, -0.15) is 5.10 Å². The Balaban J connectivity index is 0.00000264. The second-order valence-electron chi connectivity index (χ2n) is 4.89. The number of hydrogen-bond acceptors (Lipinski definition) is 2. The second kappa shape index (κ2) is 11.3. The first kappa shape index (κ1) is 19.8. The zero-order valence-corrected chi connectivity index (χ0v) is 16.3. The minimum absolute atomic E-state index is 0. The van der Waals surface area contributed by atoms with Gasteiger partial charge in [0.1, 0.15) is 0 Å². The van der Waals surface area contributed by atoms with E-state index in [1.807, 2.05) is 41.2 Å². The normalized spacial score (nSPS) is 11.0. The number of guanidine groups is 1. The van der Waals surface area contributed by atoms with E-state index in [-0.39, 0.29) is 24.0 Å². The van der Waals surface area contributed by atoms with E-state index in [1.165, 1.54) is 0 Å². The third kappa shape index (κ3) is 7.22. The summed E-state index contributed by atoms with van der Waals surface area (Å²) in [6.07, 6.45) is 5.62. The first-order chi connectivity index (χ1) is 10.8. The largest absolute Gasteiger partial charge is 0.356 e. The summed E-state index contributed by atoms with van der Waals surface area (Å²) in [5.41, 5.74) is 1.14. The number of nitrogens with zero attached hydrogens (tertiary/aromatic N) is 3. The average molecular weight is 448 g/mol. The molecule has 0 aliphatic rings. The van der Waals surface area contributed by atoms with Crippen LogP contribution in [0.2, 0.25) is 5.02 Å². The number of aliphatic imine (C=N–C) groups is 1. The average Bonchev–Trinajstić information content (AvgIpc) is 3.05. The Labute approximate surface area is 159 Å². The first-order valence-electron chi connectivity index (χ1n) is 7.45. The van der Waals surface area contributed by atoms with Gasteiger partial charge in [0.2, 0.25) is 0 Å². The molecule has 0 aliphatic heterocycles. The molecule has 0 saturated heterocycles. The van der Waals surface area contributed by atoms with Crippen LogP contribution in [0.25, 0.3) is 0 Å². The van der Waals surface area contributed by atoms with Crippen molar-refractivity contribution in [2.75, 3.05) is 20.1 Å². The molecular formula is C16H23ClIN5. The van der Waals surface area contributed by atoms with Crippen LogP contribution < -0.4 is 10.6 Å². The highest BCUT2D eigenvalue weighted by Crippen LogP contribution is 2.14. The predicted molar refractivity (Wildman–Crippen MR) is 107 cm³/mol. The van der Waals surface area contributed by atoms with E-state index in [1.54, 1.807) is 13.2 Å². The molecule has 7 heteroatoms. The van der Waals surface area contributed by atoms with Crippen molar-refractivity contribution in [3.8, 4) is 0 Å². The third-order valence-electron chi connectivity index (χ3n) is 3.28. The highest BCUT2D eigenvalue weighted by Gasteiger charge is 2.00. The zero-order valence-electron chi connectivity index (χ0n) is 13.2. The number of benzene rings is 1. The van der Waals surface area contributed by atoms with Gasteiger partial charge in [0.05, 0.1) is 0 Å². The van der Waals surface area contributed by atoms with Gasteiger partial charge in [-0.25, -0.2) is 0 Å².